The molecule has 2 aliphatic rings. The van der Waals surface area contributed by atoms with Gasteiger partial charge in [0.15, 0.2) is 0 Å². The van der Waals surface area contributed by atoms with Crippen LogP contribution in [0.15, 0.2) is 0 Å². The van der Waals surface area contributed by atoms with Crippen molar-refractivity contribution in [3.63, 3.8) is 0 Å². The van der Waals surface area contributed by atoms with Crippen molar-refractivity contribution in [2.24, 2.45) is 5.92 Å². The van der Waals surface area contributed by atoms with Crippen LogP contribution in [0.2, 0.25) is 0 Å². The molecule has 1 aliphatic carbocycles. The van der Waals surface area contributed by atoms with Gasteiger partial charge in [-0.05, 0) is 26.9 Å². The molecule has 0 aromatic rings. The van der Waals surface area contributed by atoms with E-state index in [1.54, 1.807) is 0 Å². The molecule has 0 spiro atoms. The molecular weight excluding hydrogens is 228 g/mol. The first-order valence-electron chi connectivity index (χ1n) is 7.21. The minimum absolute atomic E-state index is 0.239. The molecule has 104 valence electrons. The molecule has 0 N–H and O–H groups in total. The highest BCUT2D eigenvalue weighted by Gasteiger charge is 2.32. The van der Waals surface area contributed by atoms with Crippen LogP contribution in [0.1, 0.15) is 32.1 Å². The third kappa shape index (κ3) is 3.45. The van der Waals surface area contributed by atoms with E-state index in [0.717, 1.165) is 25.9 Å². The van der Waals surface area contributed by atoms with Crippen molar-refractivity contribution in [3.05, 3.63) is 0 Å². The predicted octanol–water partition coefficient (Wildman–Crippen LogP) is 1.36. The van der Waals surface area contributed by atoms with Crippen molar-refractivity contribution < 1.29 is 9.53 Å². The normalized spacial score (nSPS) is 26.6. The van der Waals surface area contributed by atoms with Crippen molar-refractivity contribution in [2.75, 3.05) is 40.4 Å². The van der Waals surface area contributed by atoms with E-state index in [-0.39, 0.29) is 12.0 Å². The topological polar surface area (TPSA) is 32.8 Å². The van der Waals surface area contributed by atoms with E-state index in [2.05, 4.69) is 23.9 Å². The van der Waals surface area contributed by atoms with Crippen LogP contribution in [0.25, 0.3) is 0 Å². The molecule has 2 fully saturated rings. The number of hydrogen-bond donors (Lipinski definition) is 0. The molecule has 4 nitrogen and oxygen atoms in total. The summed E-state index contributed by atoms with van der Waals surface area (Å²) in [4.78, 5) is 16.8. The summed E-state index contributed by atoms with van der Waals surface area (Å²) >= 11 is 0. The van der Waals surface area contributed by atoms with Crippen LogP contribution in [0.3, 0.4) is 0 Å². The summed E-state index contributed by atoms with van der Waals surface area (Å²) in [7, 11) is 4.11. The van der Waals surface area contributed by atoms with Crippen molar-refractivity contribution in [1.82, 2.24) is 9.80 Å². The van der Waals surface area contributed by atoms with Crippen LogP contribution in [-0.4, -0.2) is 62.1 Å². The Morgan fingerprint density at radius 1 is 1.28 bits per heavy atom. The number of amides is 1. The van der Waals surface area contributed by atoms with E-state index in [4.69, 9.17) is 4.74 Å². The summed E-state index contributed by atoms with van der Waals surface area (Å²) in [5, 5.41) is 0. The van der Waals surface area contributed by atoms with Crippen molar-refractivity contribution in [2.45, 2.75) is 38.1 Å². The maximum atomic E-state index is 12.6. The van der Waals surface area contributed by atoms with Gasteiger partial charge in [-0.25, -0.2) is 0 Å². The fraction of sp³-hybridized carbons (Fsp3) is 0.929. The monoisotopic (exact) mass is 254 g/mol. The van der Waals surface area contributed by atoms with Gasteiger partial charge in [-0.15, -0.1) is 0 Å². The maximum absolute atomic E-state index is 12.6. The quantitative estimate of drug-likeness (QED) is 0.762. The standard InChI is InChI=1S/C14H26N2O2/c1-15(2)10-13-11-18-9-8-16(13)14(17)12-6-4-3-5-7-12/h12-13H,3-11H2,1-2H3/t13-/m0/s1. The van der Waals surface area contributed by atoms with Gasteiger partial charge in [0, 0.05) is 19.0 Å². The fourth-order valence-electron chi connectivity index (χ4n) is 3.10. The zero-order valence-corrected chi connectivity index (χ0v) is 11.7. The van der Waals surface area contributed by atoms with E-state index >= 15 is 0 Å². The molecule has 1 aliphatic heterocycles. The molecule has 1 heterocycles. The largest absolute Gasteiger partial charge is 0.377 e. The Hall–Kier alpha value is -0.610. The van der Waals surface area contributed by atoms with Crippen LogP contribution in [-0.2, 0) is 9.53 Å². The van der Waals surface area contributed by atoms with Crippen molar-refractivity contribution in [3.8, 4) is 0 Å². The zero-order chi connectivity index (χ0) is 13.0. The number of nitrogens with zero attached hydrogens (tertiary/aromatic N) is 2. The minimum Gasteiger partial charge on any atom is -0.377 e. The smallest absolute Gasteiger partial charge is 0.226 e. The molecule has 0 bridgehead atoms. The molecule has 1 amide bonds. The number of carbonyl (C=O) groups excluding carboxylic acids is 1. The summed E-state index contributed by atoms with van der Waals surface area (Å²) in [5.41, 5.74) is 0. The number of rotatable bonds is 3. The lowest BCUT2D eigenvalue weighted by atomic mass is 9.88. The number of hydrogen-bond acceptors (Lipinski definition) is 3. The van der Waals surface area contributed by atoms with Crippen LogP contribution < -0.4 is 0 Å². The Labute approximate surface area is 110 Å². The van der Waals surface area contributed by atoms with E-state index in [0.29, 0.717) is 19.1 Å². The van der Waals surface area contributed by atoms with Crippen LogP contribution >= 0.6 is 0 Å². The Morgan fingerprint density at radius 3 is 2.67 bits per heavy atom. The summed E-state index contributed by atoms with van der Waals surface area (Å²) in [6.07, 6.45) is 5.92. The van der Waals surface area contributed by atoms with Gasteiger partial charge in [0.25, 0.3) is 0 Å². The molecule has 4 heteroatoms. The lowest BCUT2D eigenvalue weighted by Crippen LogP contribution is -2.54. The molecule has 1 saturated heterocycles. The Bertz CT molecular complexity index is 275. The highest BCUT2D eigenvalue weighted by Crippen LogP contribution is 2.26. The molecule has 0 aromatic carbocycles. The molecule has 1 saturated carbocycles. The number of morpholine rings is 1. The first-order valence-corrected chi connectivity index (χ1v) is 7.21. The third-order valence-corrected chi connectivity index (χ3v) is 4.04. The number of ether oxygens (including phenoxy) is 1. The van der Waals surface area contributed by atoms with E-state index in [1.165, 1.54) is 19.3 Å². The molecule has 0 radical (unpaired) electrons. The van der Waals surface area contributed by atoms with Crippen molar-refractivity contribution >= 4 is 5.91 Å². The van der Waals surface area contributed by atoms with Crippen LogP contribution in [0.4, 0.5) is 0 Å². The fourth-order valence-corrected chi connectivity index (χ4v) is 3.10. The van der Waals surface area contributed by atoms with Gasteiger partial charge in [0.2, 0.25) is 5.91 Å². The lowest BCUT2D eigenvalue weighted by Gasteiger charge is -2.39. The molecular formula is C14H26N2O2. The first-order chi connectivity index (χ1) is 8.68. The highest BCUT2D eigenvalue weighted by atomic mass is 16.5. The minimum atomic E-state index is 0.239. The van der Waals surface area contributed by atoms with Crippen LogP contribution in [0.5, 0.6) is 0 Å². The second-order valence-electron chi connectivity index (χ2n) is 5.86. The molecule has 0 unspecified atom stereocenters. The molecule has 2 rings (SSSR count). The Morgan fingerprint density at radius 2 is 2.00 bits per heavy atom. The number of carbonyl (C=O) groups is 1. The SMILES string of the molecule is CN(C)C[C@H]1COCCN1C(=O)C1CCCCC1. The first kappa shape index (κ1) is 13.8. The zero-order valence-electron chi connectivity index (χ0n) is 11.7. The maximum Gasteiger partial charge on any atom is 0.226 e. The lowest BCUT2D eigenvalue weighted by molar-refractivity contribution is -0.145. The van der Waals surface area contributed by atoms with Gasteiger partial charge in [-0.2, -0.15) is 0 Å². The summed E-state index contributed by atoms with van der Waals surface area (Å²) in [5.74, 6) is 0.659. The van der Waals surface area contributed by atoms with Gasteiger partial charge < -0.3 is 14.5 Å². The van der Waals surface area contributed by atoms with Gasteiger partial charge >= 0.3 is 0 Å². The number of likely N-dealkylation sites (N-methyl/N-ethyl adjacent to an activating group) is 1. The Kier molecular flexibility index (Phi) is 5.01. The van der Waals surface area contributed by atoms with Gasteiger partial charge in [0.05, 0.1) is 19.3 Å². The second kappa shape index (κ2) is 6.53. The summed E-state index contributed by atoms with van der Waals surface area (Å²) < 4.78 is 5.53. The Balaban J connectivity index is 1.96. The van der Waals surface area contributed by atoms with Gasteiger partial charge in [-0.3, -0.25) is 4.79 Å². The molecule has 0 aromatic heterocycles. The average molecular weight is 254 g/mol. The van der Waals surface area contributed by atoms with E-state index < -0.39 is 0 Å². The van der Waals surface area contributed by atoms with E-state index in [1.807, 2.05) is 0 Å². The predicted molar refractivity (Wildman–Crippen MR) is 71.4 cm³/mol. The highest BCUT2D eigenvalue weighted by molar-refractivity contribution is 5.79. The average Bonchev–Trinajstić information content (AvgIpc) is 2.39. The van der Waals surface area contributed by atoms with Gasteiger partial charge in [0.1, 0.15) is 0 Å². The van der Waals surface area contributed by atoms with Crippen LogP contribution in [0, 0.1) is 5.92 Å². The summed E-state index contributed by atoms with van der Waals surface area (Å²) in [6.45, 7) is 3.06. The second-order valence-corrected chi connectivity index (χ2v) is 5.86. The van der Waals surface area contributed by atoms with Crippen molar-refractivity contribution in [1.29, 1.82) is 0 Å². The molecule has 18 heavy (non-hydrogen) atoms. The third-order valence-electron chi connectivity index (χ3n) is 4.04. The molecule has 1 atom stereocenters. The summed E-state index contributed by atoms with van der Waals surface area (Å²) in [6, 6.07) is 0.239. The van der Waals surface area contributed by atoms with Gasteiger partial charge in [-0.1, -0.05) is 19.3 Å². The van der Waals surface area contributed by atoms with E-state index in [9.17, 15) is 4.79 Å².